The maximum Gasteiger partial charge on any atom is 0.103 e. The smallest absolute Gasteiger partial charge is 0.103 e. The summed E-state index contributed by atoms with van der Waals surface area (Å²) in [5, 5.41) is 3.34. The molecule has 0 atom stereocenters. The van der Waals surface area contributed by atoms with Crippen molar-refractivity contribution in [2.75, 3.05) is 11.9 Å². The molecule has 0 saturated heterocycles. The van der Waals surface area contributed by atoms with Crippen LogP contribution in [-0.2, 0) is 0 Å². The zero-order valence-electron chi connectivity index (χ0n) is 8.63. The van der Waals surface area contributed by atoms with Gasteiger partial charge in [-0.3, -0.25) is 0 Å². The second-order valence-electron chi connectivity index (χ2n) is 3.32. The van der Waals surface area contributed by atoms with E-state index in [-0.39, 0.29) is 0 Å². The fourth-order valence-corrected chi connectivity index (χ4v) is 1.40. The van der Waals surface area contributed by atoms with Gasteiger partial charge in [-0.05, 0) is 37.1 Å². The molecule has 1 aromatic rings. The summed E-state index contributed by atoms with van der Waals surface area (Å²) in [5.74, 6) is 0. The van der Waals surface area contributed by atoms with Crippen LogP contribution in [0.3, 0.4) is 0 Å². The number of hydrogen-bond acceptors (Lipinski definition) is 2. The van der Waals surface area contributed by atoms with E-state index in [4.69, 9.17) is 18.0 Å². The molecular formula is C11H16N2S. The Balaban J connectivity index is 2.84. The first-order valence-corrected chi connectivity index (χ1v) is 5.20. The highest BCUT2D eigenvalue weighted by Crippen LogP contribution is 2.16. The number of benzene rings is 1. The molecule has 0 spiro atoms. The summed E-state index contributed by atoms with van der Waals surface area (Å²) < 4.78 is 0. The molecule has 0 fully saturated rings. The monoisotopic (exact) mass is 208 g/mol. The van der Waals surface area contributed by atoms with E-state index in [0.29, 0.717) is 4.99 Å². The van der Waals surface area contributed by atoms with Crippen molar-refractivity contribution in [3.63, 3.8) is 0 Å². The van der Waals surface area contributed by atoms with Gasteiger partial charge in [-0.1, -0.05) is 19.1 Å². The number of nitrogens with one attached hydrogen (secondary N) is 1. The van der Waals surface area contributed by atoms with Gasteiger partial charge < -0.3 is 11.1 Å². The maximum absolute atomic E-state index is 5.54. The second kappa shape index (κ2) is 4.96. The van der Waals surface area contributed by atoms with Crippen molar-refractivity contribution in [3.8, 4) is 0 Å². The SMILES string of the molecule is CCCNc1ccc(C(N)=S)cc1C. The molecule has 76 valence electrons. The summed E-state index contributed by atoms with van der Waals surface area (Å²) >= 11 is 4.91. The highest BCUT2D eigenvalue weighted by atomic mass is 32.1. The van der Waals surface area contributed by atoms with Crippen LogP contribution in [0.5, 0.6) is 0 Å². The molecule has 0 amide bonds. The van der Waals surface area contributed by atoms with E-state index in [1.807, 2.05) is 18.2 Å². The normalized spacial score (nSPS) is 9.86. The van der Waals surface area contributed by atoms with Gasteiger partial charge in [0.2, 0.25) is 0 Å². The molecule has 3 N–H and O–H groups in total. The minimum absolute atomic E-state index is 0.454. The van der Waals surface area contributed by atoms with Crippen LogP contribution in [-0.4, -0.2) is 11.5 Å². The lowest BCUT2D eigenvalue weighted by Crippen LogP contribution is -2.10. The number of anilines is 1. The third kappa shape index (κ3) is 2.70. The first-order valence-electron chi connectivity index (χ1n) is 4.79. The van der Waals surface area contributed by atoms with E-state index >= 15 is 0 Å². The molecule has 0 aliphatic heterocycles. The van der Waals surface area contributed by atoms with Crippen LogP contribution < -0.4 is 11.1 Å². The first-order chi connectivity index (χ1) is 6.65. The van der Waals surface area contributed by atoms with E-state index in [9.17, 15) is 0 Å². The van der Waals surface area contributed by atoms with Crippen molar-refractivity contribution >= 4 is 22.9 Å². The van der Waals surface area contributed by atoms with E-state index < -0.39 is 0 Å². The van der Waals surface area contributed by atoms with Crippen LogP contribution in [0.2, 0.25) is 0 Å². The van der Waals surface area contributed by atoms with Crippen molar-refractivity contribution in [1.82, 2.24) is 0 Å². The summed E-state index contributed by atoms with van der Waals surface area (Å²) in [6.07, 6.45) is 1.12. The Hall–Kier alpha value is -1.09. The number of nitrogens with two attached hydrogens (primary N) is 1. The molecule has 1 rings (SSSR count). The van der Waals surface area contributed by atoms with Gasteiger partial charge in [0.25, 0.3) is 0 Å². The molecule has 2 nitrogen and oxygen atoms in total. The Kier molecular flexibility index (Phi) is 3.89. The van der Waals surface area contributed by atoms with Crippen molar-refractivity contribution in [2.45, 2.75) is 20.3 Å². The minimum atomic E-state index is 0.454. The summed E-state index contributed by atoms with van der Waals surface area (Å²) in [7, 11) is 0. The number of hydrogen-bond donors (Lipinski definition) is 2. The van der Waals surface area contributed by atoms with Crippen LogP contribution in [0.25, 0.3) is 0 Å². The lowest BCUT2D eigenvalue weighted by molar-refractivity contribution is 0.977. The van der Waals surface area contributed by atoms with E-state index in [2.05, 4.69) is 19.2 Å². The van der Waals surface area contributed by atoms with E-state index in [1.165, 1.54) is 5.56 Å². The summed E-state index contributed by atoms with van der Waals surface area (Å²) in [6.45, 7) is 5.19. The van der Waals surface area contributed by atoms with Crippen molar-refractivity contribution in [1.29, 1.82) is 0 Å². The van der Waals surface area contributed by atoms with E-state index in [1.54, 1.807) is 0 Å². The third-order valence-corrected chi connectivity index (χ3v) is 2.31. The molecule has 0 heterocycles. The largest absolute Gasteiger partial charge is 0.389 e. The highest BCUT2D eigenvalue weighted by molar-refractivity contribution is 7.80. The summed E-state index contributed by atoms with van der Waals surface area (Å²) in [6, 6.07) is 5.99. The van der Waals surface area contributed by atoms with Gasteiger partial charge in [0.05, 0.1) is 0 Å². The topological polar surface area (TPSA) is 38.0 Å². The van der Waals surface area contributed by atoms with Crippen molar-refractivity contribution < 1.29 is 0 Å². The third-order valence-electron chi connectivity index (χ3n) is 2.08. The molecule has 3 heteroatoms. The van der Waals surface area contributed by atoms with Gasteiger partial charge >= 0.3 is 0 Å². The second-order valence-corrected chi connectivity index (χ2v) is 3.76. The Morgan fingerprint density at radius 1 is 1.50 bits per heavy atom. The van der Waals surface area contributed by atoms with Gasteiger partial charge in [0.15, 0.2) is 0 Å². The Morgan fingerprint density at radius 2 is 2.21 bits per heavy atom. The van der Waals surface area contributed by atoms with Crippen molar-refractivity contribution in [2.24, 2.45) is 5.73 Å². The fourth-order valence-electron chi connectivity index (χ4n) is 1.27. The zero-order valence-corrected chi connectivity index (χ0v) is 9.45. The zero-order chi connectivity index (χ0) is 10.6. The average molecular weight is 208 g/mol. The van der Waals surface area contributed by atoms with Crippen molar-refractivity contribution in [3.05, 3.63) is 29.3 Å². The Morgan fingerprint density at radius 3 is 2.71 bits per heavy atom. The summed E-state index contributed by atoms with van der Waals surface area (Å²) in [4.78, 5) is 0.454. The van der Waals surface area contributed by atoms with Crippen LogP contribution in [0.15, 0.2) is 18.2 Å². The molecule has 0 aliphatic rings. The summed E-state index contributed by atoms with van der Waals surface area (Å²) in [5.41, 5.74) is 8.82. The number of aryl methyl sites for hydroxylation is 1. The molecule has 0 aromatic heterocycles. The molecule has 0 aliphatic carbocycles. The van der Waals surface area contributed by atoms with Gasteiger partial charge in [0, 0.05) is 17.8 Å². The maximum atomic E-state index is 5.54. The molecule has 0 radical (unpaired) electrons. The molecule has 14 heavy (non-hydrogen) atoms. The van der Waals surface area contributed by atoms with E-state index in [0.717, 1.165) is 24.2 Å². The van der Waals surface area contributed by atoms with Crippen LogP contribution in [0, 0.1) is 6.92 Å². The minimum Gasteiger partial charge on any atom is -0.389 e. The fraction of sp³-hybridized carbons (Fsp3) is 0.364. The Bertz CT molecular complexity index is 334. The van der Waals surface area contributed by atoms with Gasteiger partial charge in [0.1, 0.15) is 4.99 Å². The first kappa shape index (κ1) is 11.0. The lowest BCUT2D eigenvalue weighted by Gasteiger charge is -2.09. The standard InChI is InChI=1S/C11H16N2S/c1-3-6-13-10-5-4-9(11(12)14)7-8(10)2/h4-5,7,13H,3,6H2,1-2H3,(H2,12,14). The van der Waals surface area contributed by atoms with Gasteiger partial charge in [-0.15, -0.1) is 0 Å². The molecular weight excluding hydrogens is 192 g/mol. The molecule has 0 unspecified atom stereocenters. The Labute approximate surface area is 90.5 Å². The lowest BCUT2D eigenvalue weighted by atomic mass is 10.1. The number of rotatable bonds is 4. The predicted molar refractivity (Wildman–Crippen MR) is 65.8 cm³/mol. The molecule has 0 bridgehead atoms. The molecule has 1 aromatic carbocycles. The van der Waals surface area contributed by atoms with Gasteiger partial charge in [-0.2, -0.15) is 0 Å². The molecule has 0 saturated carbocycles. The predicted octanol–water partition coefficient (Wildman–Crippen LogP) is 2.45. The van der Waals surface area contributed by atoms with Crippen LogP contribution in [0.4, 0.5) is 5.69 Å². The highest BCUT2D eigenvalue weighted by Gasteiger charge is 2.00. The average Bonchev–Trinajstić information content (AvgIpc) is 2.15. The van der Waals surface area contributed by atoms with Gasteiger partial charge in [-0.25, -0.2) is 0 Å². The quantitative estimate of drug-likeness (QED) is 0.746. The van der Waals surface area contributed by atoms with Crippen LogP contribution >= 0.6 is 12.2 Å². The van der Waals surface area contributed by atoms with Crippen LogP contribution in [0.1, 0.15) is 24.5 Å². The number of thiocarbonyl (C=S) groups is 1.